The Kier molecular flexibility index (Phi) is 6.42. The van der Waals surface area contributed by atoms with Crippen LogP contribution < -0.4 is 9.64 Å². The molecule has 0 aliphatic carbocycles. The van der Waals surface area contributed by atoms with Gasteiger partial charge in [-0.2, -0.15) is 13.2 Å². The van der Waals surface area contributed by atoms with Crippen LogP contribution >= 0.6 is 15.9 Å². The van der Waals surface area contributed by atoms with E-state index in [4.69, 9.17) is 4.74 Å². The largest absolute Gasteiger partial charge is 0.507 e. The Balaban J connectivity index is 1.90. The molecular formula is C25H16BrF4NO4. The van der Waals surface area contributed by atoms with E-state index in [1.54, 1.807) is 0 Å². The third-order valence-electron chi connectivity index (χ3n) is 5.53. The number of anilines is 1. The number of methoxy groups -OCH3 is 1. The Morgan fingerprint density at radius 3 is 2.17 bits per heavy atom. The van der Waals surface area contributed by atoms with Crippen LogP contribution in [0.15, 0.2) is 76.8 Å². The van der Waals surface area contributed by atoms with Crippen molar-refractivity contribution in [1.82, 2.24) is 0 Å². The lowest BCUT2D eigenvalue weighted by Crippen LogP contribution is -2.29. The van der Waals surface area contributed by atoms with E-state index in [2.05, 4.69) is 15.9 Å². The van der Waals surface area contributed by atoms with Gasteiger partial charge in [0.05, 0.1) is 28.8 Å². The van der Waals surface area contributed by atoms with Gasteiger partial charge in [-0.1, -0.05) is 12.1 Å². The summed E-state index contributed by atoms with van der Waals surface area (Å²) in [5, 5.41) is 11.1. The number of ether oxygens (including phenoxy) is 1. The molecule has 10 heteroatoms. The maximum absolute atomic E-state index is 13.6. The number of aliphatic hydroxyl groups excluding tert-OH is 1. The minimum absolute atomic E-state index is 0.00406. The van der Waals surface area contributed by atoms with Gasteiger partial charge in [0.2, 0.25) is 0 Å². The minimum Gasteiger partial charge on any atom is -0.507 e. The van der Waals surface area contributed by atoms with Crippen LogP contribution in [0, 0.1) is 5.82 Å². The van der Waals surface area contributed by atoms with Crippen molar-refractivity contribution >= 4 is 39.1 Å². The number of rotatable bonds is 4. The van der Waals surface area contributed by atoms with Crippen molar-refractivity contribution in [3.8, 4) is 5.75 Å². The van der Waals surface area contributed by atoms with Crippen LogP contribution in [0.2, 0.25) is 0 Å². The first-order chi connectivity index (χ1) is 16.5. The molecule has 0 bridgehead atoms. The highest BCUT2D eigenvalue weighted by Crippen LogP contribution is 2.43. The van der Waals surface area contributed by atoms with Crippen LogP contribution in [0.1, 0.15) is 22.7 Å². The molecule has 35 heavy (non-hydrogen) atoms. The summed E-state index contributed by atoms with van der Waals surface area (Å²) in [6.07, 6.45) is -4.59. The van der Waals surface area contributed by atoms with E-state index in [1.807, 2.05) is 0 Å². The molecule has 0 saturated carbocycles. The third kappa shape index (κ3) is 4.53. The number of carbonyl (C=O) groups excluding carboxylic acids is 2. The van der Waals surface area contributed by atoms with Gasteiger partial charge < -0.3 is 9.84 Å². The fourth-order valence-corrected chi connectivity index (χ4v) is 4.38. The maximum Gasteiger partial charge on any atom is 0.416 e. The second kappa shape index (κ2) is 9.18. The van der Waals surface area contributed by atoms with Gasteiger partial charge in [-0.15, -0.1) is 0 Å². The number of ketones is 1. The van der Waals surface area contributed by atoms with Gasteiger partial charge in [0.25, 0.3) is 11.7 Å². The lowest BCUT2D eigenvalue weighted by atomic mass is 9.95. The molecule has 1 N–H and O–H groups in total. The molecule has 1 saturated heterocycles. The number of halogens is 5. The number of carbonyl (C=O) groups is 2. The van der Waals surface area contributed by atoms with E-state index < -0.39 is 41.0 Å². The Morgan fingerprint density at radius 1 is 1.00 bits per heavy atom. The first kappa shape index (κ1) is 24.5. The molecule has 4 rings (SSSR count). The van der Waals surface area contributed by atoms with Gasteiger partial charge in [-0.3, -0.25) is 14.5 Å². The fourth-order valence-electron chi connectivity index (χ4n) is 3.84. The second-order valence-corrected chi connectivity index (χ2v) is 8.47. The number of Topliss-reactive ketones (excluding diaryl/α,β-unsaturated/α-hetero) is 1. The van der Waals surface area contributed by atoms with Gasteiger partial charge >= 0.3 is 6.18 Å². The zero-order chi connectivity index (χ0) is 25.5. The minimum atomic E-state index is -4.59. The number of hydrogen-bond acceptors (Lipinski definition) is 4. The van der Waals surface area contributed by atoms with Crippen molar-refractivity contribution in [2.75, 3.05) is 12.0 Å². The van der Waals surface area contributed by atoms with E-state index in [0.29, 0.717) is 10.2 Å². The highest BCUT2D eigenvalue weighted by atomic mass is 79.9. The highest BCUT2D eigenvalue weighted by molar-refractivity contribution is 9.10. The van der Waals surface area contributed by atoms with Crippen LogP contribution in [0.25, 0.3) is 5.76 Å². The van der Waals surface area contributed by atoms with Crippen LogP contribution in [-0.4, -0.2) is 23.9 Å². The maximum atomic E-state index is 13.6. The van der Waals surface area contributed by atoms with Crippen molar-refractivity contribution in [2.45, 2.75) is 12.2 Å². The van der Waals surface area contributed by atoms with Gasteiger partial charge in [0.1, 0.15) is 17.3 Å². The summed E-state index contributed by atoms with van der Waals surface area (Å²) >= 11 is 3.30. The summed E-state index contributed by atoms with van der Waals surface area (Å²) in [6, 6.07) is 11.9. The van der Waals surface area contributed by atoms with Gasteiger partial charge in [-0.05, 0) is 76.1 Å². The summed E-state index contributed by atoms with van der Waals surface area (Å²) < 4.78 is 58.3. The summed E-state index contributed by atoms with van der Waals surface area (Å²) in [7, 11) is 1.45. The average molecular weight is 550 g/mol. The monoisotopic (exact) mass is 549 g/mol. The second-order valence-electron chi connectivity index (χ2n) is 7.61. The van der Waals surface area contributed by atoms with Crippen LogP contribution in [0.3, 0.4) is 0 Å². The molecule has 0 radical (unpaired) electrons. The van der Waals surface area contributed by atoms with E-state index in [0.717, 1.165) is 41.3 Å². The average Bonchev–Trinajstić information content (AvgIpc) is 3.09. The molecule has 1 aliphatic rings. The van der Waals surface area contributed by atoms with E-state index in [1.165, 1.54) is 37.4 Å². The lowest BCUT2D eigenvalue weighted by Gasteiger charge is -2.25. The van der Waals surface area contributed by atoms with Crippen LogP contribution in [0.5, 0.6) is 5.75 Å². The number of amides is 1. The zero-order valence-corrected chi connectivity index (χ0v) is 19.5. The molecule has 1 heterocycles. The van der Waals surface area contributed by atoms with Gasteiger partial charge in [0.15, 0.2) is 0 Å². The van der Waals surface area contributed by atoms with E-state index >= 15 is 0 Å². The quantitative estimate of drug-likeness (QED) is 0.181. The Morgan fingerprint density at radius 2 is 1.63 bits per heavy atom. The van der Waals surface area contributed by atoms with E-state index in [-0.39, 0.29) is 22.4 Å². The number of benzene rings is 3. The predicted octanol–water partition coefficient (Wildman–Crippen LogP) is 6.24. The fraction of sp³-hybridized carbons (Fsp3) is 0.120. The molecule has 0 spiro atoms. The van der Waals surface area contributed by atoms with Crippen molar-refractivity contribution in [3.05, 3.63) is 99.3 Å². The SMILES string of the molecule is COc1ccc(/C(O)=C2/C(=O)C(=O)N(c3ccc(C(F)(F)F)cc3)C2c2ccc(F)cc2)cc1Br. The third-order valence-corrected chi connectivity index (χ3v) is 6.15. The Hall–Kier alpha value is -3.66. The van der Waals surface area contributed by atoms with Crippen molar-refractivity contribution in [2.24, 2.45) is 0 Å². The summed E-state index contributed by atoms with van der Waals surface area (Å²) in [6.45, 7) is 0. The molecule has 1 atom stereocenters. The van der Waals surface area contributed by atoms with Gasteiger partial charge in [-0.25, -0.2) is 4.39 Å². The predicted molar refractivity (Wildman–Crippen MR) is 123 cm³/mol. The molecule has 1 amide bonds. The molecule has 3 aromatic rings. The van der Waals surface area contributed by atoms with E-state index in [9.17, 15) is 32.3 Å². The lowest BCUT2D eigenvalue weighted by molar-refractivity contribution is -0.137. The number of alkyl halides is 3. The summed E-state index contributed by atoms with van der Waals surface area (Å²) in [5.74, 6) is -2.70. The molecule has 3 aromatic carbocycles. The van der Waals surface area contributed by atoms with Crippen LogP contribution in [0.4, 0.5) is 23.2 Å². The van der Waals surface area contributed by atoms with Crippen molar-refractivity contribution < 1.29 is 37.0 Å². The smallest absolute Gasteiger partial charge is 0.416 e. The first-order valence-corrected chi connectivity index (χ1v) is 10.9. The zero-order valence-electron chi connectivity index (χ0n) is 17.9. The van der Waals surface area contributed by atoms with Crippen molar-refractivity contribution in [1.29, 1.82) is 0 Å². The number of nitrogens with zero attached hydrogens (tertiary/aromatic N) is 1. The van der Waals surface area contributed by atoms with Crippen LogP contribution in [-0.2, 0) is 15.8 Å². The molecule has 1 fully saturated rings. The van der Waals surface area contributed by atoms with Crippen molar-refractivity contribution in [3.63, 3.8) is 0 Å². The number of hydrogen-bond donors (Lipinski definition) is 1. The van der Waals surface area contributed by atoms with Gasteiger partial charge in [0, 0.05) is 11.3 Å². The molecule has 1 unspecified atom stereocenters. The molecule has 1 aliphatic heterocycles. The summed E-state index contributed by atoms with van der Waals surface area (Å²) in [4.78, 5) is 27.1. The molecule has 0 aromatic heterocycles. The number of aliphatic hydroxyl groups is 1. The topological polar surface area (TPSA) is 66.8 Å². The molecular weight excluding hydrogens is 534 g/mol. The first-order valence-electron chi connectivity index (χ1n) is 10.1. The Bertz CT molecular complexity index is 1340. The normalized spacial score (nSPS) is 17.7. The molecule has 5 nitrogen and oxygen atoms in total. The molecule has 180 valence electrons. The Labute approximate surface area is 205 Å². The standard InChI is InChI=1S/C25H16BrF4NO4/c1-35-19-11-4-14(12-18(19)26)22(32)20-21(13-2-7-16(27)8-3-13)31(24(34)23(20)33)17-9-5-15(6-10-17)25(28,29)30/h2-12,21,32H,1H3/b22-20-. The highest BCUT2D eigenvalue weighted by Gasteiger charge is 2.47. The summed E-state index contributed by atoms with van der Waals surface area (Å²) in [5.41, 5.74) is -0.753.